The van der Waals surface area contributed by atoms with Gasteiger partial charge < -0.3 is 5.32 Å². The number of rotatable bonds is 5. The Morgan fingerprint density at radius 2 is 2.18 bits per heavy atom. The summed E-state index contributed by atoms with van der Waals surface area (Å²) in [5, 5.41) is 10.3. The van der Waals surface area contributed by atoms with Gasteiger partial charge in [-0.05, 0) is 13.3 Å². The summed E-state index contributed by atoms with van der Waals surface area (Å²) in [5.74, 6) is 1.67. The molecule has 2 aromatic heterocycles. The molecule has 0 fully saturated rings. The largest absolute Gasteiger partial charge is 0.370 e. The zero-order valence-electron chi connectivity index (χ0n) is 9.44. The summed E-state index contributed by atoms with van der Waals surface area (Å²) < 4.78 is 0. The fraction of sp³-hybridized carbons (Fsp3) is 0.400. The van der Waals surface area contributed by atoms with E-state index < -0.39 is 0 Å². The van der Waals surface area contributed by atoms with E-state index in [0.29, 0.717) is 5.15 Å². The van der Waals surface area contributed by atoms with Gasteiger partial charge in [-0.2, -0.15) is 5.10 Å². The molecule has 0 unspecified atom stereocenters. The summed E-state index contributed by atoms with van der Waals surface area (Å²) in [4.78, 5) is 12.1. The molecule has 2 rings (SSSR count). The quantitative estimate of drug-likeness (QED) is 0.624. The van der Waals surface area contributed by atoms with Gasteiger partial charge in [0.25, 0.3) is 0 Å². The smallest absolute Gasteiger partial charge is 0.137 e. The van der Waals surface area contributed by atoms with E-state index in [1.54, 1.807) is 0 Å². The molecular formula is C10H13ClN6. The molecule has 6 nitrogen and oxygen atoms in total. The van der Waals surface area contributed by atoms with Gasteiger partial charge in [-0.25, -0.2) is 15.0 Å². The Balaban J connectivity index is 1.80. The first kappa shape index (κ1) is 11.8. The van der Waals surface area contributed by atoms with Crippen molar-refractivity contribution in [2.24, 2.45) is 0 Å². The van der Waals surface area contributed by atoms with Crippen molar-refractivity contribution >= 4 is 17.4 Å². The molecule has 0 aliphatic carbocycles. The second-order valence-corrected chi connectivity index (χ2v) is 3.96. The summed E-state index contributed by atoms with van der Waals surface area (Å²) in [7, 11) is 0. The number of aromatic nitrogens is 5. The molecule has 2 aromatic rings. The Bertz CT molecular complexity index is 470. The first-order valence-electron chi connectivity index (χ1n) is 5.32. The van der Waals surface area contributed by atoms with E-state index in [0.717, 1.165) is 36.6 Å². The standard InChI is InChI=1S/C10H13ClN6/c1-7-9(11)14-5-15-10(7)12-4-2-3-8-13-6-16-17-8/h5-6H,2-4H2,1H3,(H,12,14,15)(H,13,16,17). The highest BCUT2D eigenvalue weighted by atomic mass is 35.5. The Morgan fingerprint density at radius 3 is 2.94 bits per heavy atom. The SMILES string of the molecule is Cc1c(Cl)ncnc1NCCCc1ncn[nH]1. The number of halogens is 1. The third kappa shape index (κ3) is 3.13. The number of nitrogens with one attached hydrogen (secondary N) is 2. The van der Waals surface area contributed by atoms with Crippen LogP contribution in [0.25, 0.3) is 0 Å². The monoisotopic (exact) mass is 252 g/mol. The number of anilines is 1. The van der Waals surface area contributed by atoms with Gasteiger partial charge in [0, 0.05) is 18.5 Å². The van der Waals surface area contributed by atoms with Crippen LogP contribution in [0.15, 0.2) is 12.7 Å². The Kier molecular flexibility index (Phi) is 3.87. The van der Waals surface area contributed by atoms with Crippen molar-refractivity contribution < 1.29 is 0 Å². The van der Waals surface area contributed by atoms with E-state index in [4.69, 9.17) is 11.6 Å². The van der Waals surface area contributed by atoms with Crippen LogP contribution in [0.1, 0.15) is 17.8 Å². The minimum absolute atomic E-state index is 0.484. The molecule has 0 saturated carbocycles. The van der Waals surface area contributed by atoms with Crippen molar-refractivity contribution in [2.75, 3.05) is 11.9 Å². The lowest BCUT2D eigenvalue weighted by Crippen LogP contribution is -2.07. The van der Waals surface area contributed by atoms with Gasteiger partial charge in [-0.1, -0.05) is 11.6 Å². The first-order chi connectivity index (χ1) is 8.27. The molecule has 0 saturated heterocycles. The second-order valence-electron chi connectivity index (χ2n) is 3.60. The molecule has 17 heavy (non-hydrogen) atoms. The molecule has 90 valence electrons. The van der Waals surface area contributed by atoms with Crippen LogP contribution in [0.2, 0.25) is 5.15 Å². The Labute approximate surface area is 104 Å². The number of nitrogens with zero attached hydrogens (tertiary/aromatic N) is 4. The van der Waals surface area contributed by atoms with Gasteiger partial charge in [-0.3, -0.25) is 5.10 Å². The summed E-state index contributed by atoms with van der Waals surface area (Å²) in [6.45, 7) is 2.69. The molecule has 7 heteroatoms. The molecule has 0 radical (unpaired) electrons. The van der Waals surface area contributed by atoms with Crippen LogP contribution in [0.4, 0.5) is 5.82 Å². The molecule has 0 bridgehead atoms. The summed E-state index contributed by atoms with van der Waals surface area (Å²) in [5.41, 5.74) is 0.869. The van der Waals surface area contributed by atoms with E-state index in [9.17, 15) is 0 Å². The second kappa shape index (κ2) is 5.58. The number of hydrogen-bond donors (Lipinski definition) is 2. The van der Waals surface area contributed by atoms with E-state index in [1.165, 1.54) is 12.7 Å². The maximum atomic E-state index is 5.89. The zero-order chi connectivity index (χ0) is 12.1. The maximum Gasteiger partial charge on any atom is 0.137 e. The van der Waals surface area contributed by atoms with Gasteiger partial charge in [-0.15, -0.1) is 0 Å². The molecule has 0 amide bonds. The average molecular weight is 253 g/mol. The van der Waals surface area contributed by atoms with E-state index in [1.807, 2.05) is 6.92 Å². The van der Waals surface area contributed by atoms with Crippen LogP contribution in [0.3, 0.4) is 0 Å². The summed E-state index contributed by atoms with van der Waals surface area (Å²) >= 11 is 5.89. The maximum absolute atomic E-state index is 5.89. The minimum atomic E-state index is 0.484. The molecule has 0 aliphatic rings. The van der Waals surface area contributed by atoms with Crippen molar-refractivity contribution in [3.05, 3.63) is 29.2 Å². The van der Waals surface area contributed by atoms with Crippen molar-refractivity contribution in [3.8, 4) is 0 Å². The number of aryl methyl sites for hydroxylation is 1. The van der Waals surface area contributed by atoms with E-state index in [-0.39, 0.29) is 0 Å². The van der Waals surface area contributed by atoms with Crippen molar-refractivity contribution in [2.45, 2.75) is 19.8 Å². The lowest BCUT2D eigenvalue weighted by molar-refractivity contribution is 0.802. The van der Waals surface area contributed by atoms with Crippen LogP contribution >= 0.6 is 11.6 Å². The van der Waals surface area contributed by atoms with Gasteiger partial charge in [0.2, 0.25) is 0 Å². The molecule has 2 N–H and O–H groups in total. The molecular weight excluding hydrogens is 240 g/mol. The minimum Gasteiger partial charge on any atom is -0.370 e. The van der Waals surface area contributed by atoms with Crippen LogP contribution in [-0.2, 0) is 6.42 Å². The number of hydrogen-bond acceptors (Lipinski definition) is 5. The fourth-order valence-corrected chi connectivity index (χ4v) is 1.55. The van der Waals surface area contributed by atoms with Crippen LogP contribution < -0.4 is 5.32 Å². The molecule has 0 atom stereocenters. The predicted molar refractivity (Wildman–Crippen MR) is 65.0 cm³/mol. The van der Waals surface area contributed by atoms with Crippen molar-refractivity contribution in [1.29, 1.82) is 0 Å². The molecule has 0 aliphatic heterocycles. The van der Waals surface area contributed by atoms with Crippen LogP contribution in [-0.4, -0.2) is 31.7 Å². The van der Waals surface area contributed by atoms with Gasteiger partial charge in [0.1, 0.15) is 29.5 Å². The average Bonchev–Trinajstić information content (AvgIpc) is 2.83. The number of aromatic amines is 1. The zero-order valence-corrected chi connectivity index (χ0v) is 10.2. The summed E-state index contributed by atoms with van der Waals surface area (Å²) in [6, 6.07) is 0. The van der Waals surface area contributed by atoms with Crippen molar-refractivity contribution in [1.82, 2.24) is 25.1 Å². The van der Waals surface area contributed by atoms with Crippen molar-refractivity contribution in [3.63, 3.8) is 0 Å². The van der Waals surface area contributed by atoms with Gasteiger partial charge >= 0.3 is 0 Å². The highest BCUT2D eigenvalue weighted by Crippen LogP contribution is 2.17. The van der Waals surface area contributed by atoms with E-state index in [2.05, 4.69) is 30.5 Å². The third-order valence-electron chi connectivity index (χ3n) is 2.37. The third-order valence-corrected chi connectivity index (χ3v) is 2.75. The molecule has 0 aromatic carbocycles. The predicted octanol–water partition coefficient (Wildman–Crippen LogP) is 1.60. The topological polar surface area (TPSA) is 79.4 Å². The van der Waals surface area contributed by atoms with E-state index >= 15 is 0 Å². The Hall–Kier alpha value is -1.69. The first-order valence-corrected chi connectivity index (χ1v) is 5.70. The lowest BCUT2D eigenvalue weighted by atomic mass is 10.3. The molecule has 2 heterocycles. The Morgan fingerprint density at radius 1 is 1.29 bits per heavy atom. The van der Waals surface area contributed by atoms with Crippen LogP contribution in [0.5, 0.6) is 0 Å². The summed E-state index contributed by atoms with van der Waals surface area (Å²) in [6.07, 6.45) is 4.76. The lowest BCUT2D eigenvalue weighted by Gasteiger charge is -2.07. The normalized spacial score (nSPS) is 10.5. The van der Waals surface area contributed by atoms with Gasteiger partial charge in [0.15, 0.2) is 0 Å². The van der Waals surface area contributed by atoms with Gasteiger partial charge in [0.05, 0.1) is 0 Å². The fourth-order valence-electron chi connectivity index (χ4n) is 1.42. The highest BCUT2D eigenvalue weighted by Gasteiger charge is 2.03. The highest BCUT2D eigenvalue weighted by molar-refractivity contribution is 6.30. The molecule has 0 spiro atoms. The van der Waals surface area contributed by atoms with Crippen LogP contribution in [0, 0.1) is 6.92 Å². The number of H-pyrrole nitrogens is 1.